The van der Waals surface area contributed by atoms with Crippen LogP contribution >= 0.6 is 0 Å². The third kappa shape index (κ3) is 2.35. The summed E-state index contributed by atoms with van der Waals surface area (Å²) in [5.41, 5.74) is 1.83. The monoisotopic (exact) mass is 440 g/mol. The summed E-state index contributed by atoms with van der Waals surface area (Å²) in [5.74, 6) is 3.46. The van der Waals surface area contributed by atoms with E-state index in [-0.39, 0.29) is 5.41 Å². The standard InChI is InChI=1S/C30H48O2/c1-25(2)14-16-30-17-15-28(6)19(23(30)24(25)32-18-30)8-9-21-27(5)12-11-22(31)26(3,4)20(27)10-13-29(21,28)7/h19-21,23-24H,8-18H2,1-7H3/t19?,20?,21?,23?,24?,27-,28-,29+,30?/m0/s1. The van der Waals surface area contributed by atoms with Crippen LogP contribution < -0.4 is 0 Å². The van der Waals surface area contributed by atoms with Crippen LogP contribution in [0.15, 0.2) is 0 Å². The second kappa shape index (κ2) is 6.24. The van der Waals surface area contributed by atoms with E-state index < -0.39 is 0 Å². The molecule has 1 heterocycles. The van der Waals surface area contributed by atoms with Gasteiger partial charge in [0.1, 0.15) is 5.78 Å². The maximum atomic E-state index is 12.9. The predicted molar refractivity (Wildman–Crippen MR) is 129 cm³/mol. The summed E-state index contributed by atoms with van der Waals surface area (Å²) >= 11 is 0. The minimum absolute atomic E-state index is 0.136. The number of Topliss-reactive ketones (excluding diaryl/α,β-unsaturated/α-hetero) is 1. The fourth-order valence-corrected chi connectivity index (χ4v) is 11.8. The molecule has 180 valence electrons. The zero-order valence-electron chi connectivity index (χ0n) is 22.0. The van der Waals surface area contributed by atoms with Crippen molar-refractivity contribution in [1.29, 1.82) is 0 Å². The largest absolute Gasteiger partial charge is 0.377 e. The van der Waals surface area contributed by atoms with Crippen LogP contribution in [0, 0.1) is 56.2 Å². The Hall–Kier alpha value is -0.370. The van der Waals surface area contributed by atoms with Gasteiger partial charge in [-0.3, -0.25) is 4.79 Å². The molecule has 9 atom stereocenters. The van der Waals surface area contributed by atoms with Crippen molar-refractivity contribution in [3.05, 3.63) is 0 Å². The Kier molecular flexibility index (Phi) is 4.31. The summed E-state index contributed by atoms with van der Waals surface area (Å²) in [6.07, 6.45) is 13.3. The van der Waals surface area contributed by atoms with Crippen molar-refractivity contribution >= 4 is 5.78 Å². The Morgan fingerprint density at radius 3 is 2.22 bits per heavy atom. The van der Waals surface area contributed by atoms with Gasteiger partial charge in [-0.1, -0.05) is 48.5 Å². The summed E-state index contributed by atoms with van der Waals surface area (Å²) < 4.78 is 6.70. The fraction of sp³-hybridized carbons (Fsp3) is 0.967. The Balaban J connectivity index is 1.40. The van der Waals surface area contributed by atoms with Crippen molar-refractivity contribution in [2.24, 2.45) is 56.2 Å². The Bertz CT molecular complexity index is 842. The van der Waals surface area contributed by atoms with Gasteiger partial charge in [0.05, 0.1) is 12.7 Å². The van der Waals surface area contributed by atoms with Gasteiger partial charge >= 0.3 is 0 Å². The van der Waals surface area contributed by atoms with Gasteiger partial charge in [-0.05, 0) is 109 Å². The first-order chi connectivity index (χ1) is 14.8. The van der Waals surface area contributed by atoms with Gasteiger partial charge in [-0.2, -0.15) is 0 Å². The molecule has 0 aromatic carbocycles. The number of hydrogen-bond acceptors (Lipinski definition) is 2. The molecule has 0 radical (unpaired) electrons. The number of fused-ring (bicyclic) bond motifs is 5. The number of rotatable bonds is 0. The first-order valence-corrected chi connectivity index (χ1v) is 14.0. The molecule has 6 aliphatic rings. The van der Waals surface area contributed by atoms with Gasteiger partial charge in [0, 0.05) is 11.8 Å². The molecule has 2 nitrogen and oxygen atoms in total. The molecule has 2 heteroatoms. The highest BCUT2D eigenvalue weighted by molar-refractivity contribution is 5.85. The van der Waals surface area contributed by atoms with E-state index in [0.29, 0.717) is 44.9 Å². The van der Waals surface area contributed by atoms with E-state index in [2.05, 4.69) is 48.5 Å². The molecular formula is C30H48O2. The molecule has 6 rings (SSSR count). The average molecular weight is 441 g/mol. The molecule has 5 aliphatic carbocycles. The molecule has 2 bridgehead atoms. The lowest BCUT2D eigenvalue weighted by Gasteiger charge is -2.72. The van der Waals surface area contributed by atoms with Crippen LogP contribution in [0.4, 0.5) is 0 Å². The van der Waals surface area contributed by atoms with Crippen LogP contribution in [0.3, 0.4) is 0 Å². The normalized spacial score (nSPS) is 57.7. The number of ether oxygens (including phenoxy) is 1. The number of carbonyl (C=O) groups is 1. The van der Waals surface area contributed by atoms with Gasteiger partial charge in [-0.15, -0.1) is 0 Å². The van der Waals surface area contributed by atoms with Crippen molar-refractivity contribution in [3.63, 3.8) is 0 Å². The number of hydrogen-bond donors (Lipinski definition) is 0. The molecule has 6 unspecified atom stereocenters. The summed E-state index contributed by atoms with van der Waals surface area (Å²) in [7, 11) is 0. The van der Waals surface area contributed by atoms with Crippen LogP contribution in [-0.2, 0) is 9.53 Å². The summed E-state index contributed by atoms with van der Waals surface area (Å²) in [6.45, 7) is 18.6. The molecule has 32 heavy (non-hydrogen) atoms. The molecule has 1 saturated heterocycles. The quantitative estimate of drug-likeness (QED) is 0.391. The molecule has 0 N–H and O–H groups in total. The Morgan fingerprint density at radius 2 is 1.47 bits per heavy atom. The Labute approximate surface area is 197 Å². The molecular weight excluding hydrogens is 392 g/mol. The van der Waals surface area contributed by atoms with Gasteiger partial charge in [0.25, 0.3) is 0 Å². The third-order valence-corrected chi connectivity index (χ3v) is 13.9. The maximum absolute atomic E-state index is 12.9. The summed E-state index contributed by atoms with van der Waals surface area (Å²) in [4.78, 5) is 12.9. The van der Waals surface area contributed by atoms with Crippen LogP contribution in [0.25, 0.3) is 0 Å². The molecule has 0 aromatic heterocycles. The second-order valence-electron chi connectivity index (χ2n) is 15.4. The van der Waals surface area contributed by atoms with E-state index in [1.165, 1.54) is 51.4 Å². The zero-order chi connectivity index (χ0) is 22.9. The molecule has 1 aliphatic heterocycles. The minimum Gasteiger partial charge on any atom is -0.377 e. The lowest BCUT2D eigenvalue weighted by atomic mass is 9.31. The van der Waals surface area contributed by atoms with Gasteiger partial charge in [0.2, 0.25) is 0 Å². The first-order valence-electron chi connectivity index (χ1n) is 14.0. The summed E-state index contributed by atoms with van der Waals surface area (Å²) in [5, 5.41) is 0. The maximum Gasteiger partial charge on any atom is 0.138 e. The highest BCUT2D eigenvalue weighted by atomic mass is 16.5. The van der Waals surface area contributed by atoms with E-state index in [1.54, 1.807) is 0 Å². The van der Waals surface area contributed by atoms with Crippen molar-refractivity contribution < 1.29 is 9.53 Å². The van der Waals surface area contributed by atoms with Gasteiger partial charge in [-0.25, -0.2) is 0 Å². The number of carbonyl (C=O) groups excluding carboxylic acids is 1. The molecule has 6 fully saturated rings. The first kappa shape index (κ1) is 22.1. The van der Waals surface area contributed by atoms with Crippen LogP contribution in [0.5, 0.6) is 0 Å². The van der Waals surface area contributed by atoms with Crippen LogP contribution in [-0.4, -0.2) is 18.5 Å². The van der Waals surface area contributed by atoms with Crippen LogP contribution in [0.2, 0.25) is 0 Å². The SMILES string of the molecule is CC1(C)CCC23CC[C@@]4(C)C(CCC5[C@@]6(C)CCC(=O)C(C)(C)C6CC[C@]54C)C2C1OC3. The smallest absolute Gasteiger partial charge is 0.138 e. The van der Waals surface area contributed by atoms with Crippen molar-refractivity contribution in [2.45, 2.75) is 119 Å². The highest BCUT2D eigenvalue weighted by Crippen LogP contribution is 2.77. The van der Waals surface area contributed by atoms with E-state index >= 15 is 0 Å². The molecule has 0 amide bonds. The van der Waals surface area contributed by atoms with Crippen molar-refractivity contribution in [1.82, 2.24) is 0 Å². The zero-order valence-corrected chi connectivity index (χ0v) is 22.0. The van der Waals surface area contributed by atoms with E-state index in [9.17, 15) is 4.79 Å². The van der Waals surface area contributed by atoms with Crippen LogP contribution in [0.1, 0.15) is 113 Å². The second-order valence-corrected chi connectivity index (χ2v) is 15.4. The number of ketones is 1. The predicted octanol–water partition coefficient (Wildman–Crippen LogP) is 7.45. The van der Waals surface area contributed by atoms with Gasteiger partial charge < -0.3 is 4.74 Å². The fourth-order valence-electron chi connectivity index (χ4n) is 11.8. The van der Waals surface area contributed by atoms with Gasteiger partial charge in [0.15, 0.2) is 0 Å². The third-order valence-electron chi connectivity index (χ3n) is 13.9. The molecule has 0 spiro atoms. The van der Waals surface area contributed by atoms with E-state index in [4.69, 9.17) is 4.74 Å². The minimum atomic E-state index is -0.136. The lowest BCUT2D eigenvalue weighted by Crippen LogP contribution is -2.67. The van der Waals surface area contributed by atoms with E-state index in [1.807, 2.05) is 0 Å². The lowest BCUT2D eigenvalue weighted by molar-refractivity contribution is -0.239. The van der Waals surface area contributed by atoms with Crippen molar-refractivity contribution in [2.75, 3.05) is 6.61 Å². The van der Waals surface area contributed by atoms with Crippen molar-refractivity contribution in [3.8, 4) is 0 Å². The Morgan fingerprint density at radius 1 is 0.750 bits per heavy atom. The summed E-state index contributed by atoms with van der Waals surface area (Å²) in [6, 6.07) is 0. The molecule has 5 saturated carbocycles. The highest BCUT2D eigenvalue weighted by Gasteiger charge is 2.72. The topological polar surface area (TPSA) is 26.3 Å². The molecule has 0 aromatic rings. The average Bonchev–Trinajstić information content (AvgIpc) is 3.05. The van der Waals surface area contributed by atoms with E-state index in [0.717, 1.165) is 37.2 Å².